The number of hydrogen-bond acceptors (Lipinski definition) is 0. The minimum absolute atomic E-state index is 0.716. The van der Waals surface area contributed by atoms with Gasteiger partial charge < -0.3 is 0 Å². The van der Waals surface area contributed by atoms with Crippen LogP contribution in [0.5, 0.6) is 0 Å². The third kappa shape index (κ3) is 5.41. The number of thiol groups is 1. The highest BCUT2D eigenvalue weighted by atomic mass is 32.3. The van der Waals surface area contributed by atoms with Gasteiger partial charge >= 0.3 is 0 Å². The van der Waals surface area contributed by atoms with Crippen molar-refractivity contribution >= 4 is 9.16 Å². The second-order valence-electron chi connectivity index (χ2n) is 9.18. The summed E-state index contributed by atoms with van der Waals surface area (Å²) in [5.41, 5.74) is 1.67. The van der Waals surface area contributed by atoms with Crippen molar-refractivity contribution < 1.29 is 0 Å². The molecule has 0 aliphatic carbocycles. The van der Waals surface area contributed by atoms with E-state index < -0.39 is 9.16 Å². The summed E-state index contributed by atoms with van der Waals surface area (Å²) >= 11 is 0. The summed E-state index contributed by atoms with van der Waals surface area (Å²) in [7, 11) is -1.99. The highest BCUT2D eigenvalue weighted by Crippen LogP contribution is 2.76. The van der Waals surface area contributed by atoms with E-state index in [2.05, 4.69) is 74.0 Å². The average Bonchev–Trinajstić information content (AvgIpc) is 2.47. The monoisotopic (exact) mass is 342 g/mol. The zero-order chi connectivity index (χ0) is 18.4. The average molecular weight is 343 g/mol. The Bertz CT molecular complexity index is 412. The Morgan fingerprint density at radius 1 is 1.04 bits per heavy atom. The van der Waals surface area contributed by atoms with Crippen LogP contribution in [-0.2, 0) is 0 Å². The largest absolute Gasteiger partial charge is 0.265 e. The summed E-state index contributed by atoms with van der Waals surface area (Å²) in [6.07, 6.45) is 11.3. The number of allylic oxidation sites excluding steroid dienone is 2. The summed E-state index contributed by atoms with van der Waals surface area (Å²) in [5.74, 6) is 3.49. The van der Waals surface area contributed by atoms with Crippen LogP contribution in [0.3, 0.4) is 0 Å². The van der Waals surface area contributed by atoms with Gasteiger partial charge in [0.1, 0.15) is 0 Å². The van der Waals surface area contributed by atoms with E-state index >= 15 is 0 Å². The van der Waals surface area contributed by atoms with Crippen LogP contribution in [0, 0.1) is 17.8 Å². The minimum atomic E-state index is -1.99. The van der Waals surface area contributed by atoms with E-state index in [9.17, 15) is 0 Å². The Hall–Kier alpha value is -0.170. The Balaban J connectivity index is 5.90. The maximum atomic E-state index is 4.70. The maximum absolute atomic E-state index is 4.70. The normalized spacial score (nSPS) is 17.9. The first-order chi connectivity index (χ1) is 10.4. The fraction of sp³-hybridized carbons (Fsp3) is 0.818. The molecular weight excluding hydrogens is 296 g/mol. The first kappa shape index (κ1) is 22.8. The van der Waals surface area contributed by atoms with Gasteiger partial charge in [-0.25, -0.2) is 0 Å². The summed E-state index contributed by atoms with van der Waals surface area (Å²) in [4.78, 5) is 1.58. The highest BCUT2D eigenvalue weighted by molar-refractivity contribution is 8.51. The molecule has 0 aliphatic rings. The molecule has 0 fully saturated rings. The summed E-state index contributed by atoms with van der Waals surface area (Å²) in [5, 5.41) is 0.716. The first-order valence-electron chi connectivity index (χ1n) is 9.77. The van der Waals surface area contributed by atoms with Crippen LogP contribution >= 0.6 is 9.16 Å². The molecule has 0 amide bonds. The van der Waals surface area contributed by atoms with Crippen LogP contribution < -0.4 is 0 Å². The van der Waals surface area contributed by atoms with E-state index in [1.165, 1.54) is 25.0 Å². The second kappa shape index (κ2) is 8.79. The SMILES string of the molecule is C=C(CC(C)C(C)C)[SH](C)(C)(CC)C(CC(C)C)/C(=C\C)CC. The Morgan fingerprint density at radius 2 is 1.57 bits per heavy atom. The zero-order valence-corrected chi connectivity index (χ0v) is 18.8. The molecule has 0 spiro atoms. The van der Waals surface area contributed by atoms with Gasteiger partial charge in [0, 0.05) is 5.25 Å². The molecular formula is C22H46S. The zero-order valence-electron chi connectivity index (χ0n) is 17.9. The Kier molecular flexibility index (Phi) is 8.72. The van der Waals surface area contributed by atoms with E-state index in [-0.39, 0.29) is 0 Å². The molecule has 0 radical (unpaired) electrons. The number of rotatable bonds is 10. The molecule has 1 heteroatoms. The van der Waals surface area contributed by atoms with Gasteiger partial charge in [0.2, 0.25) is 0 Å². The molecule has 0 aromatic heterocycles. The highest BCUT2D eigenvalue weighted by Gasteiger charge is 2.42. The topological polar surface area (TPSA) is 0 Å². The standard InChI is InChI=1S/C22H46S/c1-12-21(13-2)22(15-17(4)5)23(10,11,14-3)20(9)16-19(8)18(6)7/h12,17-19,22-23H,9,13-16H2,1-8,10-11H3/b21-12-. The van der Waals surface area contributed by atoms with Crippen LogP contribution in [0.25, 0.3) is 0 Å². The van der Waals surface area contributed by atoms with E-state index in [0.717, 1.165) is 17.8 Å². The molecule has 23 heavy (non-hydrogen) atoms. The first-order valence-corrected chi connectivity index (χ1v) is 13.2. The lowest BCUT2D eigenvalue weighted by molar-refractivity contribution is 0.421. The molecule has 0 N–H and O–H groups in total. The van der Waals surface area contributed by atoms with E-state index in [1.54, 1.807) is 10.5 Å². The van der Waals surface area contributed by atoms with Gasteiger partial charge in [-0.1, -0.05) is 71.6 Å². The third-order valence-corrected chi connectivity index (χ3v) is 13.4. The summed E-state index contributed by atoms with van der Waals surface area (Å²) in [6, 6.07) is 0. The van der Waals surface area contributed by atoms with Crippen LogP contribution in [0.2, 0.25) is 0 Å². The lowest BCUT2D eigenvalue weighted by atomic mass is 9.95. The molecule has 0 saturated carbocycles. The van der Waals surface area contributed by atoms with Crippen LogP contribution in [0.15, 0.2) is 23.1 Å². The molecule has 0 aromatic rings. The van der Waals surface area contributed by atoms with Gasteiger partial charge in [-0.05, 0) is 62.2 Å². The van der Waals surface area contributed by atoms with Crippen molar-refractivity contribution in [3.05, 3.63) is 23.1 Å². The maximum Gasteiger partial charge on any atom is 0.0000138 e. The number of hydrogen-bond donors (Lipinski definition) is 1. The fourth-order valence-electron chi connectivity index (χ4n) is 3.67. The van der Waals surface area contributed by atoms with Crippen molar-refractivity contribution in [1.82, 2.24) is 0 Å². The predicted molar refractivity (Wildman–Crippen MR) is 116 cm³/mol. The van der Waals surface area contributed by atoms with Crippen molar-refractivity contribution in [2.75, 3.05) is 18.3 Å². The molecule has 0 bridgehead atoms. The molecule has 0 rings (SSSR count). The van der Waals surface area contributed by atoms with Gasteiger partial charge in [-0.15, -0.1) is 0 Å². The molecule has 0 nitrogen and oxygen atoms in total. The predicted octanol–water partition coefficient (Wildman–Crippen LogP) is 7.31. The van der Waals surface area contributed by atoms with E-state index in [4.69, 9.17) is 6.58 Å². The van der Waals surface area contributed by atoms with Crippen LogP contribution in [0.1, 0.15) is 74.7 Å². The van der Waals surface area contributed by atoms with Crippen molar-refractivity contribution in [3.8, 4) is 0 Å². The van der Waals surface area contributed by atoms with Crippen molar-refractivity contribution in [2.24, 2.45) is 17.8 Å². The van der Waals surface area contributed by atoms with E-state index in [1.807, 2.05) is 0 Å². The van der Waals surface area contributed by atoms with Crippen molar-refractivity contribution in [2.45, 2.75) is 79.9 Å². The lowest BCUT2D eigenvalue weighted by Gasteiger charge is -2.63. The Morgan fingerprint density at radius 3 is 1.87 bits per heavy atom. The minimum Gasteiger partial charge on any atom is -0.265 e. The molecule has 140 valence electrons. The molecule has 0 aromatic carbocycles. The quantitative estimate of drug-likeness (QED) is 0.312. The van der Waals surface area contributed by atoms with Gasteiger partial charge in [-0.3, -0.25) is 9.16 Å². The Labute approximate surface area is 148 Å². The third-order valence-electron chi connectivity index (χ3n) is 6.61. The van der Waals surface area contributed by atoms with Gasteiger partial charge in [0.15, 0.2) is 0 Å². The molecule has 2 atom stereocenters. The van der Waals surface area contributed by atoms with Crippen molar-refractivity contribution in [3.63, 3.8) is 0 Å². The van der Waals surface area contributed by atoms with Gasteiger partial charge in [0.25, 0.3) is 0 Å². The molecule has 0 saturated heterocycles. The van der Waals surface area contributed by atoms with Crippen molar-refractivity contribution in [1.29, 1.82) is 0 Å². The smallest absolute Gasteiger partial charge is 0.0000138 e. The van der Waals surface area contributed by atoms with Gasteiger partial charge in [0.05, 0.1) is 0 Å². The van der Waals surface area contributed by atoms with Crippen LogP contribution in [0.4, 0.5) is 0 Å². The second-order valence-corrected chi connectivity index (χ2v) is 16.1. The summed E-state index contributed by atoms with van der Waals surface area (Å²) in [6.45, 7) is 23.5. The molecule has 2 unspecified atom stereocenters. The molecule has 0 aliphatic heterocycles. The van der Waals surface area contributed by atoms with Gasteiger partial charge in [-0.2, -0.15) is 0 Å². The van der Waals surface area contributed by atoms with E-state index in [0.29, 0.717) is 5.25 Å². The van der Waals surface area contributed by atoms with Crippen LogP contribution in [-0.4, -0.2) is 23.5 Å². The fourth-order valence-corrected chi connectivity index (χ4v) is 8.38. The summed E-state index contributed by atoms with van der Waals surface area (Å²) < 4.78 is 0. The lowest BCUT2D eigenvalue weighted by Crippen LogP contribution is -2.36. The molecule has 0 heterocycles.